The highest BCUT2D eigenvalue weighted by molar-refractivity contribution is 8.04. The topological polar surface area (TPSA) is 59.0 Å². The average molecular weight is 268 g/mol. The van der Waals surface area contributed by atoms with E-state index in [1.54, 1.807) is 0 Å². The van der Waals surface area contributed by atoms with Crippen molar-refractivity contribution in [2.24, 2.45) is 11.7 Å². The van der Waals surface area contributed by atoms with E-state index in [9.17, 15) is 0 Å². The van der Waals surface area contributed by atoms with Crippen molar-refractivity contribution in [2.75, 3.05) is 0 Å². The molecule has 0 aromatic rings. The Balaban J connectivity index is 2.60. The molecule has 18 heavy (non-hydrogen) atoms. The van der Waals surface area contributed by atoms with Gasteiger partial charge < -0.3 is 10.5 Å². The zero-order valence-electron chi connectivity index (χ0n) is 11.6. The number of allylic oxidation sites excluding steroid dienone is 1. The minimum absolute atomic E-state index is 0.0465. The molecule has 0 spiro atoms. The van der Waals surface area contributed by atoms with Gasteiger partial charge >= 0.3 is 0 Å². The SMILES string of the molecule is C=C1CCC(C(C)(C)OC(C[C@@H](C)N)SC#N)C1. The Hall–Kier alpha value is -0.500. The van der Waals surface area contributed by atoms with Gasteiger partial charge in [-0.15, -0.1) is 0 Å². The number of thiocyanates is 1. The molecule has 0 heterocycles. The van der Waals surface area contributed by atoms with Crippen LogP contribution in [0.2, 0.25) is 0 Å². The first-order chi connectivity index (χ1) is 8.35. The second kappa shape index (κ2) is 6.60. The van der Waals surface area contributed by atoms with Gasteiger partial charge in [0.05, 0.1) is 5.60 Å². The van der Waals surface area contributed by atoms with Gasteiger partial charge in [-0.3, -0.25) is 0 Å². The summed E-state index contributed by atoms with van der Waals surface area (Å²) in [6, 6.07) is 0.0465. The number of thioether (sulfide) groups is 1. The van der Waals surface area contributed by atoms with Crippen molar-refractivity contribution in [1.29, 1.82) is 5.26 Å². The molecule has 0 aromatic heterocycles. The highest BCUT2D eigenvalue weighted by Crippen LogP contribution is 2.40. The Morgan fingerprint density at radius 1 is 1.67 bits per heavy atom. The van der Waals surface area contributed by atoms with E-state index in [0.29, 0.717) is 12.3 Å². The van der Waals surface area contributed by atoms with E-state index in [2.05, 4.69) is 25.8 Å². The first-order valence-electron chi connectivity index (χ1n) is 6.50. The Kier molecular flexibility index (Phi) is 5.71. The van der Waals surface area contributed by atoms with Crippen LogP contribution >= 0.6 is 11.8 Å². The summed E-state index contributed by atoms with van der Waals surface area (Å²) in [6.45, 7) is 10.2. The van der Waals surface area contributed by atoms with Crippen molar-refractivity contribution < 1.29 is 4.74 Å². The van der Waals surface area contributed by atoms with Crippen molar-refractivity contribution in [3.05, 3.63) is 12.2 Å². The highest BCUT2D eigenvalue weighted by atomic mass is 32.2. The summed E-state index contributed by atoms with van der Waals surface area (Å²) in [4.78, 5) is 0. The standard InChI is InChI=1S/C14H24N2OS/c1-10-5-6-12(7-10)14(3,4)17-13(18-9-15)8-11(2)16/h11-13H,1,5-8,16H2,2-4H3/t11-,12?,13?/m1/s1. The summed E-state index contributed by atoms with van der Waals surface area (Å²) in [5.74, 6) is 0.500. The van der Waals surface area contributed by atoms with E-state index in [1.807, 2.05) is 6.92 Å². The Labute approximate surface area is 115 Å². The smallest absolute Gasteiger partial charge is 0.136 e. The maximum Gasteiger partial charge on any atom is 0.136 e. The predicted molar refractivity (Wildman–Crippen MR) is 76.9 cm³/mol. The maximum atomic E-state index is 8.83. The van der Waals surface area contributed by atoms with Crippen LogP contribution in [0.25, 0.3) is 0 Å². The molecule has 2 N–H and O–H groups in total. The summed E-state index contributed by atoms with van der Waals surface area (Å²) in [6.07, 6.45) is 3.97. The van der Waals surface area contributed by atoms with Crippen LogP contribution in [0.1, 0.15) is 46.5 Å². The number of hydrogen-bond acceptors (Lipinski definition) is 4. The molecule has 2 unspecified atom stereocenters. The van der Waals surface area contributed by atoms with Gasteiger partial charge in [-0.1, -0.05) is 12.2 Å². The van der Waals surface area contributed by atoms with Crippen molar-refractivity contribution >= 4 is 11.8 Å². The summed E-state index contributed by atoms with van der Waals surface area (Å²) in [7, 11) is 0. The molecule has 1 aliphatic rings. The summed E-state index contributed by atoms with van der Waals surface area (Å²) in [5, 5.41) is 10.9. The van der Waals surface area contributed by atoms with E-state index < -0.39 is 0 Å². The molecule has 3 atom stereocenters. The van der Waals surface area contributed by atoms with Gasteiger partial charge in [0.25, 0.3) is 0 Å². The van der Waals surface area contributed by atoms with Crippen LogP contribution in [0, 0.1) is 16.6 Å². The van der Waals surface area contributed by atoms with Crippen molar-refractivity contribution in [1.82, 2.24) is 0 Å². The minimum atomic E-state index is -0.219. The molecule has 0 aliphatic heterocycles. The Bertz CT molecular complexity index is 333. The number of nitrogens with zero attached hydrogens (tertiary/aromatic N) is 1. The van der Waals surface area contributed by atoms with Crippen molar-refractivity contribution in [3.63, 3.8) is 0 Å². The number of nitrogens with two attached hydrogens (primary N) is 1. The average Bonchev–Trinajstić information content (AvgIpc) is 2.64. The molecular formula is C14H24N2OS. The fourth-order valence-electron chi connectivity index (χ4n) is 2.44. The van der Waals surface area contributed by atoms with Gasteiger partial charge in [0.15, 0.2) is 0 Å². The van der Waals surface area contributed by atoms with Gasteiger partial charge in [0.2, 0.25) is 0 Å². The van der Waals surface area contributed by atoms with Crippen LogP contribution in [0.15, 0.2) is 12.2 Å². The lowest BCUT2D eigenvalue weighted by Gasteiger charge is -2.35. The monoisotopic (exact) mass is 268 g/mol. The molecule has 0 bridgehead atoms. The molecule has 3 nitrogen and oxygen atoms in total. The van der Waals surface area contributed by atoms with Gasteiger partial charge in [-0.2, -0.15) is 5.26 Å². The Morgan fingerprint density at radius 3 is 2.78 bits per heavy atom. The van der Waals surface area contributed by atoms with Crippen LogP contribution < -0.4 is 5.73 Å². The van der Waals surface area contributed by atoms with E-state index in [0.717, 1.165) is 19.3 Å². The second-order valence-electron chi connectivity index (χ2n) is 5.76. The molecule has 1 aliphatic carbocycles. The fourth-order valence-corrected chi connectivity index (χ4v) is 3.26. The summed E-state index contributed by atoms with van der Waals surface area (Å²) >= 11 is 1.17. The third-order valence-corrected chi connectivity index (χ3v) is 4.21. The molecule has 1 saturated carbocycles. The number of ether oxygens (including phenoxy) is 1. The lowest BCUT2D eigenvalue weighted by molar-refractivity contribution is -0.0735. The molecule has 0 saturated heterocycles. The quantitative estimate of drug-likeness (QED) is 0.455. The zero-order valence-corrected chi connectivity index (χ0v) is 12.4. The lowest BCUT2D eigenvalue weighted by atomic mass is 9.89. The van der Waals surface area contributed by atoms with Crippen molar-refractivity contribution in [2.45, 2.75) is 63.5 Å². The largest absolute Gasteiger partial charge is 0.360 e. The zero-order chi connectivity index (χ0) is 13.8. The van der Waals surface area contributed by atoms with Crippen LogP contribution in [0.4, 0.5) is 0 Å². The van der Waals surface area contributed by atoms with Crippen LogP contribution in [-0.2, 0) is 4.74 Å². The Morgan fingerprint density at radius 2 is 2.33 bits per heavy atom. The maximum absolute atomic E-state index is 8.83. The van der Waals surface area contributed by atoms with Gasteiger partial charge in [0.1, 0.15) is 10.8 Å². The molecule has 0 radical (unpaired) electrons. The third-order valence-electron chi connectivity index (χ3n) is 3.55. The molecule has 0 amide bonds. The van der Waals surface area contributed by atoms with Crippen LogP contribution in [-0.4, -0.2) is 17.1 Å². The van der Waals surface area contributed by atoms with Gasteiger partial charge in [-0.05, 0) is 64.1 Å². The van der Waals surface area contributed by atoms with E-state index in [1.165, 1.54) is 17.3 Å². The van der Waals surface area contributed by atoms with Gasteiger partial charge in [-0.25, -0.2) is 0 Å². The lowest BCUT2D eigenvalue weighted by Crippen LogP contribution is -2.37. The predicted octanol–water partition coefficient (Wildman–Crippen LogP) is 3.42. The first-order valence-corrected chi connectivity index (χ1v) is 7.38. The number of rotatable bonds is 6. The van der Waals surface area contributed by atoms with Crippen LogP contribution in [0.5, 0.6) is 0 Å². The second-order valence-corrected chi connectivity index (χ2v) is 6.71. The van der Waals surface area contributed by atoms with Crippen LogP contribution in [0.3, 0.4) is 0 Å². The highest BCUT2D eigenvalue weighted by Gasteiger charge is 2.36. The molecular weight excluding hydrogens is 244 g/mol. The molecule has 1 rings (SSSR count). The van der Waals surface area contributed by atoms with E-state index in [4.69, 9.17) is 15.7 Å². The van der Waals surface area contributed by atoms with Crippen molar-refractivity contribution in [3.8, 4) is 5.40 Å². The van der Waals surface area contributed by atoms with Gasteiger partial charge in [0, 0.05) is 6.04 Å². The fraction of sp³-hybridized carbons (Fsp3) is 0.786. The first kappa shape index (κ1) is 15.6. The normalized spacial score (nSPS) is 23.7. The molecule has 1 fully saturated rings. The minimum Gasteiger partial charge on any atom is -0.360 e. The summed E-state index contributed by atoms with van der Waals surface area (Å²) < 4.78 is 6.14. The molecule has 102 valence electrons. The third kappa shape index (κ3) is 4.64. The number of hydrogen-bond donors (Lipinski definition) is 1. The van der Waals surface area contributed by atoms with E-state index >= 15 is 0 Å². The van der Waals surface area contributed by atoms with E-state index in [-0.39, 0.29) is 17.1 Å². The summed E-state index contributed by atoms with van der Waals surface area (Å²) in [5.41, 5.74) is 6.76. The molecule has 4 heteroatoms. The number of nitriles is 1. The molecule has 0 aromatic carbocycles.